The van der Waals surface area contributed by atoms with E-state index in [1.807, 2.05) is 26.8 Å². The second kappa shape index (κ2) is 9.80. The molecule has 1 saturated carbocycles. The SMILES string of the molecule is CCOC(=O)c1cn(C2CC2)c2nc(-c3cc4c(s3)CCCC4N(C)C(=O)OC(C)(C)C)c(F)cc2c1=O. The lowest BCUT2D eigenvalue weighted by molar-refractivity contribution is 0.0205. The van der Waals surface area contributed by atoms with E-state index in [9.17, 15) is 14.4 Å². The number of pyridine rings is 2. The van der Waals surface area contributed by atoms with Crippen molar-refractivity contribution >= 4 is 34.4 Å². The summed E-state index contributed by atoms with van der Waals surface area (Å²) in [6.07, 6.45) is 5.40. The Balaban J connectivity index is 1.57. The molecule has 3 aromatic rings. The fourth-order valence-corrected chi connectivity index (χ4v) is 6.17. The topological polar surface area (TPSA) is 90.7 Å². The Morgan fingerprint density at radius 3 is 2.63 bits per heavy atom. The van der Waals surface area contributed by atoms with Crippen LogP contribution in [0.2, 0.25) is 0 Å². The minimum absolute atomic E-state index is 0.0626. The van der Waals surface area contributed by atoms with Gasteiger partial charge in [-0.05, 0) is 77.5 Å². The first-order valence-corrected chi connectivity index (χ1v) is 13.8. The van der Waals surface area contributed by atoms with Crippen LogP contribution in [0.25, 0.3) is 21.6 Å². The van der Waals surface area contributed by atoms with Gasteiger partial charge in [0, 0.05) is 24.2 Å². The lowest BCUT2D eigenvalue weighted by Gasteiger charge is -2.33. The van der Waals surface area contributed by atoms with E-state index in [1.165, 1.54) is 23.6 Å². The Bertz CT molecular complexity index is 1480. The van der Waals surface area contributed by atoms with E-state index in [2.05, 4.69) is 4.98 Å². The van der Waals surface area contributed by atoms with Crippen LogP contribution in [0.5, 0.6) is 0 Å². The minimum Gasteiger partial charge on any atom is -0.462 e. The van der Waals surface area contributed by atoms with Crippen molar-refractivity contribution in [3.63, 3.8) is 0 Å². The summed E-state index contributed by atoms with van der Waals surface area (Å²) in [7, 11) is 1.73. The molecule has 0 aromatic carbocycles. The molecule has 0 radical (unpaired) electrons. The maximum Gasteiger partial charge on any atom is 0.410 e. The summed E-state index contributed by atoms with van der Waals surface area (Å²) in [5.74, 6) is -1.35. The summed E-state index contributed by atoms with van der Waals surface area (Å²) in [6.45, 7) is 7.30. The van der Waals surface area contributed by atoms with E-state index >= 15 is 4.39 Å². The molecule has 5 rings (SSSR count). The highest BCUT2D eigenvalue weighted by Gasteiger charge is 2.33. The molecule has 0 aliphatic heterocycles. The van der Waals surface area contributed by atoms with Gasteiger partial charge in [-0.3, -0.25) is 4.79 Å². The quantitative estimate of drug-likeness (QED) is 0.367. The van der Waals surface area contributed by atoms with Crippen molar-refractivity contribution in [2.24, 2.45) is 0 Å². The molecule has 202 valence electrons. The van der Waals surface area contributed by atoms with E-state index in [1.54, 1.807) is 23.4 Å². The number of aryl methyl sites for hydroxylation is 1. The Labute approximate surface area is 224 Å². The second-order valence-electron chi connectivity index (χ2n) is 10.9. The number of carbonyl (C=O) groups excluding carboxylic acids is 2. The number of hydrogen-bond acceptors (Lipinski definition) is 7. The Morgan fingerprint density at radius 1 is 1.24 bits per heavy atom. The summed E-state index contributed by atoms with van der Waals surface area (Å²) in [4.78, 5) is 46.3. The number of amides is 1. The van der Waals surface area contributed by atoms with Crippen molar-refractivity contribution < 1.29 is 23.5 Å². The fraction of sp³-hybridized carbons (Fsp3) is 0.500. The van der Waals surface area contributed by atoms with Gasteiger partial charge in [0.05, 0.1) is 22.9 Å². The van der Waals surface area contributed by atoms with Crippen LogP contribution in [-0.2, 0) is 15.9 Å². The number of hydrogen-bond donors (Lipinski definition) is 0. The Morgan fingerprint density at radius 2 is 1.97 bits per heavy atom. The lowest BCUT2D eigenvalue weighted by atomic mass is 9.92. The van der Waals surface area contributed by atoms with Gasteiger partial charge in [-0.25, -0.2) is 19.0 Å². The molecule has 0 N–H and O–H groups in total. The van der Waals surface area contributed by atoms with Crippen molar-refractivity contribution in [3.8, 4) is 10.6 Å². The zero-order valence-corrected chi connectivity index (χ0v) is 23.1. The molecule has 2 aliphatic carbocycles. The molecule has 10 heteroatoms. The van der Waals surface area contributed by atoms with E-state index in [-0.39, 0.29) is 35.3 Å². The number of fused-ring (bicyclic) bond motifs is 2. The zero-order valence-electron chi connectivity index (χ0n) is 22.3. The molecule has 2 aliphatic rings. The minimum atomic E-state index is -0.718. The van der Waals surface area contributed by atoms with E-state index < -0.39 is 28.9 Å². The van der Waals surface area contributed by atoms with E-state index in [4.69, 9.17) is 9.47 Å². The maximum absolute atomic E-state index is 15.5. The van der Waals surface area contributed by atoms with Gasteiger partial charge < -0.3 is 18.9 Å². The van der Waals surface area contributed by atoms with Crippen LogP contribution in [0, 0.1) is 5.82 Å². The number of nitrogens with zero attached hydrogens (tertiary/aromatic N) is 3. The highest BCUT2D eigenvalue weighted by atomic mass is 32.1. The normalized spacial score (nSPS) is 17.3. The van der Waals surface area contributed by atoms with Crippen LogP contribution in [-0.4, -0.2) is 45.8 Å². The Kier molecular flexibility index (Phi) is 6.79. The number of carbonyl (C=O) groups is 2. The first-order valence-electron chi connectivity index (χ1n) is 13.0. The molecular formula is C28H32FN3O5S. The summed E-state index contributed by atoms with van der Waals surface area (Å²) < 4.78 is 28.0. The van der Waals surface area contributed by atoms with Gasteiger partial charge >= 0.3 is 12.1 Å². The number of halogens is 1. The molecule has 1 atom stereocenters. The molecule has 1 unspecified atom stereocenters. The van der Waals surface area contributed by atoms with Gasteiger partial charge in [-0.1, -0.05) is 0 Å². The summed E-state index contributed by atoms with van der Waals surface area (Å²) in [6, 6.07) is 3.01. The van der Waals surface area contributed by atoms with Crippen molar-refractivity contribution in [1.29, 1.82) is 0 Å². The number of ether oxygens (including phenoxy) is 2. The smallest absolute Gasteiger partial charge is 0.410 e. The molecule has 0 saturated heterocycles. The third kappa shape index (κ3) is 4.93. The molecule has 1 amide bonds. The zero-order chi connectivity index (χ0) is 27.4. The molecular weight excluding hydrogens is 509 g/mol. The van der Waals surface area contributed by atoms with Gasteiger partial charge in [-0.15, -0.1) is 11.3 Å². The van der Waals surface area contributed by atoms with Crippen molar-refractivity contribution in [3.05, 3.63) is 50.4 Å². The molecule has 1 fully saturated rings. The number of thiophene rings is 1. The average Bonchev–Trinajstić information content (AvgIpc) is 3.60. The van der Waals surface area contributed by atoms with Crippen LogP contribution in [0.4, 0.5) is 9.18 Å². The van der Waals surface area contributed by atoms with Crippen molar-refractivity contribution in [2.75, 3.05) is 13.7 Å². The molecule has 0 spiro atoms. The van der Waals surface area contributed by atoms with Crippen LogP contribution >= 0.6 is 11.3 Å². The van der Waals surface area contributed by atoms with Gasteiger partial charge in [0.15, 0.2) is 5.82 Å². The van der Waals surface area contributed by atoms with E-state index in [0.717, 1.165) is 42.5 Å². The summed E-state index contributed by atoms with van der Waals surface area (Å²) in [5.41, 5.74) is 0.190. The highest BCUT2D eigenvalue weighted by molar-refractivity contribution is 7.15. The number of esters is 1. The van der Waals surface area contributed by atoms with Crippen LogP contribution in [0.15, 0.2) is 23.1 Å². The Hall–Kier alpha value is -3.27. The van der Waals surface area contributed by atoms with Crippen molar-refractivity contribution in [2.45, 2.75) is 77.5 Å². The predicted octanol–water partition coefficient (Wildman–Crippen LogP) is 6.02. The molecule has 0 bridgehead atoms. The van der Waals surface area contributed by atoms with Crippen molar-refractivity contribution in [1.82, 2.24) is 14.5 Å². The van der Waals surface area contributed by atoms with Crippen LogP contribution < -0.4 is 5.43 Å². The van der Waals surface area contributed by atoms with Crippen LogP contribution in [0.1, 0.15) is 86.3 Å². The van der Waals surface area contributed by atoms with Gasteiger partial charge in [0.2, 0.25) is 5.43 Å². The lowest BCUT2D eigenvalue weighted by Crippen LogP contribution is -2.37. The molecule has 3 aromatic heterocycles. The number of rotatable bonds is 5. The third-order valence-corrected chi connectivity index (χ3v) is 8.08. The number of aromatic nitrogens is 2. The third-order valence-electron chi connectivity index (χ3n) is 6.86. The molecule has 8 nitrogen and oxygen atoms in total. The standard InChI is InChI=1S/C28H32FN3O5S/c1-6-36-26(34)18-14-32(15-10-11-15)25-17(24(18)33)12-19(29)23(30-25)22-13-16-20(8-7-9-21(16)38-22)31(5)27(35)37-28(2,3)4/h12-15,20H,6-11H2,1-5H3. The van der Waals surface area contributed by atoms with Gasteiger partial charge in [-0.2, -0.15) is 0 Å². The second-order valence-corrected chi connectivity index (χ2v) is 12.0. The largest absolute Gasteiger partial charge is 0.462 e. The summed E-state index contributed by atoms with van der Waals surface area (Å²) in [5, 5.41) is 0.0626. The molecule has 38 heavy (non-hydrogen) atoms. The van der Waals surface area contributed by atoms with Gasteiger partial charge in [0.1, 0.15) is 22.5 Å². The summed E-state index contributed by atoms with van der Waals surface area (Å²) >= 11 is 1.46. The average molecular weight is 542 g/mol. The molecule has 3 heterocycles. The fourth-order valence-electron chi connectivity index (χ4n) is 4.92. The maximum atomic E-state index is 15.5. The first kappa shape index (κ1) is 26.3. The van der Waals surface area contributed by atoms with E-state index in [0.29, 0.717) is 10.5 Å². The highest BCUT2D eigenvalue weighted by Crippen LogP contribution is 2.43. The first-order chi connectivity index (χ1) is 18.0. The predicted molar refractivity (Wildman–Crippen MR) is 143 cm³/mol. The monoisotopic (exact) mass is 541 g/mol. The van der Waals surface area contributed by atoms with Gasteiger partial charge in [0.25, 0.3) is 0 Å². The van der Waals surface area contributed by atoms with Crippen LogP contribution in [0.3, 0.4) is 0 Å².